The highest BCUT2D eigenvalue weighted by Crippen LogP contribution is 2.41. The van der Waals surface area contributed by atoms with Crippen LogP contribution in [0.2, 0.25) is 5.82 Å². The van der Waals surface area contributed by atoms with Gasteiger partial charge in [0.1, 0.15) is 5.60 Å². The minimum atomic E-state index is -0.493. The van der Waals surface area contributed by atoms with Crippen LogP contribution < -0.4 is 0 Å². The summed E-state index contributed by atoms with van der Waals surface area (Å²) < 4.78 is 17.4. The van der Waals surface area contributed by atoms with E-state index in [-0.39, 0.29) is 30.2 Å². The van der Waals surface area contributed by atoms with Crippen LogP contribution in [-0.2, 0) is 14.0 Å². The Morgan fingerprint density at radius 2 is 1.76 bits per heavy atom. The van der Waals surface area contributed by atoms with Crippen LogP contribution in [0.4, 0.5) is 4.79 Å². The predicted molar refractivity (Wildman–Crippen MR) is 81.9 cm³/mol. The maximum atomic E-state index is 12.0. The normalized spacial score (nSPS) is 27.3. The molecule has 2 aliphatic rings. The standard InChI is InChI=1S/C15H26BNO4/c1-13(2,3)19-12(18)17-9-8-11(10-17)16-20-14(4,5)15(6,7)21-16/h8-9,11H,10H2,1-7H3. The van der Waals surface area contributed by atoms with Gasteiger partial charge < -0.3 is 14.0 Å². The Bertz CT molecular complexity index is 437. The molecule has 0 N–H and O–H groups in total. The van der Waals surface area contributed by atoms with Gasteiger partial charge in [-0.3, -0.25) is 4.90 Å². The van der Waals surface area contributed by atoms with Crippen molar-refractivity contribution in [3.05, 3.63) is 12.3 Å². The molecule has 118 valence electrons. The maximum Gasteiger partial charge on any atom is 0.467 e. The Hall–Kier alpha value is -1.01. The molecule has 0 aromatic rings. The van der Waals surface area contributed by atoms with Gasteiger partial charge in [-0.05, 0) is 48.5 Å². The van der Waals surface area contributed by atoms with Gasteiger partial charge in [-0.2, -0.15) is 0 Å². The zero-order valence-electron chi connectivity index (χ0n) is 14.1. The lowest BCUT2D eigenvalue weighted by molar-refractivity contribution is 0.00578. The quantitative estimate of drug-likeness (QED) is 0.697. The minimum absolute atomic E-state index is 0.0265. The third kappa shape index (κ3) is 3.43. The van der Waals surface area contributed by atoms with E-state index >= 15 is 0 Å². The molecule has 2 heterocycles. The summed E-state index contributed by atoms with van der Waals surface area (Å²) in [5.74, 6) is 0.0265. The highest BCUT2D eigenvalue weighted by atomic mass is 16.7. The van der Waals surface area contributed by atoms with Crippen LogP contribution in [0.1, 0.15) is 48.5 Å². The number of amides is 1. The first kappa shape index (κ1) is 16.4. The van der Waals surface area contributed by atoms with E-state index in [1.165, 1.54) is 0 Å². The molecule has 1 saturated heterocycles. The zero-order chi connectivity index (χ0) is 16.1. The SMILES string of the molecule is CC(C)(C)OC(=O)N1C=CC(B2OC(C)(C)C(C)(C)O2)C1. The second-order valence-corrected chi connectivity index (χ2v) is 7.76. The van der Waals surface area contributed by atoms with Crippen LogP contribution in [0.15, 0.2) is 12.3 Å². The van der Waals surface area contributed by atoms with Crippen molar-refractivity contribution in [2.75, 3.05) is 6.54 Å². The van der Waals surface area contributed by atoms with Crippen molar-refractivity contribution in [1.82, 2.24) is 4.90 Å². The molecule has 0 saturated carbocycles. The van der Waals surface area contributed by atoms with Crippen molar-refractivity contribution in [2.24, 2.45) is 0 Å². The number of hydrogen-bond donors (Lipinski definition) is 0. The van der Waals surface area contributed by atoms with Crippen molar-refractivity contribution < 1.29 is 18.8 Å². The van der Waals surface area contributed by atoms with E-state index in [0.29, 0.717) is 6.54 Å². The van der Waals surface area contributed by atoms with Crippen LogP contribution >= 0.6 is 0 Å². The average Bonchev–Trinajstić information content (AvgIpc) is 2.80. The first-order chi connectivity index (χ1) is 9.41. The van der Waals surface area contributed by atoms with Crippen molar-refractivity contribution in [2.45, 2.75) is 71.1 Å². The summed E-state index contributed by atoms with van der Waals surface area (Å²) >= 11 is 0. The second-order valence-electron chi connectivity index (χ2n) is 7.76. The van der Waals surface area contributed by atoms with E-state index in [1.807, 2.05) is 54.5 Å². The van der Waals surface area contributed by atoms with E-state index in [9.17, 15) is 4.79 Å². The van der Waals surface area contributed by atoms with Crippen molar-refractivity contribution in [3.63, 3.8) is 0 Å². The first-order valence-corrected chi connectivity index (χ1v) is 7.45. The van der Waals surface area contributed by atoms with Gasteiger partial charge in [0.2, 0.25) is 0 Å². The molecule has 0 radical (unpaired) electrons. The van der Waals surface area contributed by atoms with Crippen LogP contribution in [0.5, 0.6) is 0 Å². The van der Waals surface area contributed by atoms with Gasteiger partial charge in [-0.15, -0.1) is 0 Å². The van der Waals surface area contributed by atoms with Crippen LogP contribution in [0, 0.1) is 0 Å². The molecular formula is C15H26BNO4. The number of hydrogen-bond acceptors (Lipinski definition) is 4. The van der Waals surface area contributed by atoms with Gasteiger partial charge in [-0.25, -0.2) is 4.79 Å². The predicted octanol–water partition coefficient (Wildman–Crippen LogP) is 3.21. The summed E-state index contributed by atoms with van der Waals surface area (Å²) in [7, 11) is -0.335. The Morgan fingerprint density at radius 3 is 2.24 bits per heavy atom. The Kier molecular flexibility index (Phi) is 3.91. The lowest BCUT2D eigenvalue weighted by Crippen LogP contribution is -2.41. The van der Waals surface area contributed by atoms with Gasteiger partial charge in [0.25, 0.3) is 0 Å². The highest BCUT2D eigenvalue weighted by molar-refractivity contribution is 6.48. The largest absolute Gasteiger partial charge is 0.467 e. The highest BCUT2D eigenvalue weighted by Gasteiger charge is 2.54. The van der Waals surface area contributed by atoms with Gasteiger partial charge >= 0.3 is 13.2 Å². The lowest BCUT2D eigenvalue weighted by Gasteiger charge is -2.32. The molecule has 5 nitrogen and oxygen atoms in total. The van der Waals surface area contributed by atoms with E-state index in [0.717, 1.165) is 0 Å². The average molecular weight is 295 g/mol. The molecule has 2 rings (SSSR count). The second kappa shape index (κ2) is 5.02. The molecule has 1 unspecified atom stereocenters. The molecule has 21 heavy (non-hydrogen) atoms. The van der Waals surface area contributed by atoms with Crippen LogP contribution in [0.3, 0.4) is 0 Å². The summed E-state index contributed by atoms with van der Waals surface area (Å²) in [4.78, 5) is 13.6. The fourth-order valence-corrected chi connectivity index (χ4v) is 2.26. The smallest absolute Gasteiger partial charge is 0.443 e. The number of nitrogens with zero attached hydrogens (tertiary/aromatic N) is 1. The molecule has 0 aromatic heterocycles. The van der Waals surface area contributed by atoms with Gasteiger partial charge in [0.15, 0.2) is 0 Å². The van der Waals surface area contributed by atoms with Crippen molar-refractivity contribution >= 4 is 13.2 Å². The molecular weight excluding hydrogens is 269 g/mol. The fourth-order valence-electron chi connectivity index (χ4n) is 2.26. The zero-order valence-corrected chi connectivity index (χ0v) is 14.1. The van der Waals surface area contributed by atoms with Crippen molar-refractivity contribution in [3.8, 4) is 0 Å². The molecule has 1 fully saturated rings. The molecule has 1 amide bonds. The molecule has 0 bridgehead atoms. The van der Waals surface area contributed by atoms with Gasteiger partial charge in [0, 0.05) is 18.6 Å². The maximum absolute atomic E-state index is 12.0. The lowest BCUT2D eigenvalue weighted by atomic mass is 9.72. The number of rotatable bonds is 1. The molecule has 0 aliphatic carbocycles. The summed E-state index contributed by atoms with van der Waals surface area (Å²) in [5.41, 5.74) is -1.21. The molecule has 1 atom stereocenters. The van der Waals surface area contributed by atoms with E-state index in [4.69, 9.17) is 14.0 Å². The first-order valence-electron chi connectivity index (χ1n) is 7.45. The van der Waals surface area contributed by atoms with E-state index < -0.39 is 5.60 Å². The summed E-state index contributed by atoms with van der Waals surface area (Å²) in [5, 5.41) is 0. The Labute approximate surface area is 127 Å². The molecule has 2 aliphatic heterocycles. The Balaban J connectivity index is 1.96. The van der Waals surface area contributed by atoms with Crippen molar-refractivity contribution in [1.29, 1.82) is 0 Å². The van der Waals surface area contributed by atoms with Gasteiger partial charge in [-0.1, -0.05) is 6.08 Å². The fraction of sp³-hybridized carbons (Fsp3) is 0.800. The molecule has 0 spiro atoms. The monoisotopic (exact) mass is 295 g/mol. The minimum Gasteiger partial charge on any atom is -0.443 e. The summed E-state index contributed by atoms with van der Waals surface area (Å²) in [6, 6.07) is 0. The van der Waals surface area contributed by atoms with E-state index in [1.54, 1.807) is 11.1 Å². The molecule has 0 aromatic carbocycles. The van der Waals surface area contributed by atoms with Crippen LogP contribution in [-0.4, -0.2) is 41.5 Å². The number of carbonyl (C=O) groups excluding carboxylic acids is 1. The number of ether oxygens (including phenoxy) is 1. The van der Waals surface area contributed by atoms with E-state index in [2.05, 4.69) is 0 Å². The topological polar surface area (TPSA) is 48.0 Å². The molecule has 6 heteroatoms. The Morgan fingerprint density at radius 1 is 1.24 bits per heavy atom. The van der Waals surface area contributed by atoms with Crippen LogP contribution in [0.25, 0.3) is 0 Å². The van der Waals surface area contributed by atoms with Gasteiger partial charge in [0.05, 0.1) is 11.2 Å². The third-order valence-corrected chi connectivity index (χ3v) is 4.17. The summed E-state index contributed by atoms with van der Waals surface area (Å²) in [6.07, 6.45) is 3.37. The number of carbonyl (C=O) groups is 1. The summed E-state index contributed by atoms with van der Waals surface area (Å²) in [6.45, 7) is 14.2. The third-order valence-electron chi connectivity index (χ3n) is 4.17.